The number of hydrogen-bond donors (Lipinski definition) is 1. The molecule has 0 heterocycles. The number of nitrogens with zero attached hydrogens (tertiary/aromatic N) is 1. The quantitative estimate of drug-likeness (QED) is 0.625. The third kappa shape index (κ3) is 5.08. The highest BCUT2D eigenvalue weighted by Gasteiger charge is 2.26. The monoisotopic (exact) mass is 406 g/mol. The fraction of sp³-hybridized carbons (Fsp3) is 0.208. The Kier molecular flexibility index (Phi) is 6.91. The Hall–Kier alpha value is -3.54. The fourth-order valence-electron chi connectivity index (χ4n) is 3.36. The van der Waals surface area contributed by atoms with Gasteiger partial charge in [0.15, 0.2) is 5.78 Å². The first-order valence-corrected chi connectivity index (χ1v) is 9.64. The van der Waals surface area contributed by atoms with Gasteiger partial charge in [-0.05, 0) is 22.4 Å². The predicted molar refractivity (Wildman–Crippen MR) is 114 cm³/mol. The van der Waals surface area contributed by atoms with Gasteiger partial charge >= 0.3 is 0 Å². The van der Waals surface area contributed by atoms with Gasteiger partial charge in [-0.15, -0.1) is 0 Å². The Morgan fingerprint density at radius 2 is 1.60 bits per heavy atom. The minimum Gasteiger partial charge on any atom is -0.340 e. The van der Waals surface area contributed by atoms with Gasteiger partial charge in [-0.1, -0.05) is 66.7 Å². The minimum atomic E-state index is -1.14. The van der Waals surface area contributed by atoms with Gasteiger partial charge in [0.1, 0.15) is 12.7 Å². The van der Waals surface area contributed by atoms with Gasteiger partial charge in [-0.25, -0.2) is 4.39 Å². The lowest BCUT2D eigenvalue weighted by atomic mass is 10.0. The lowest BCUT2D eigenvalue weighted by Gasteiger charge is -2.24. The molecule has 0 aliphatic carbocycles. The molecule has 3 aromatic rings. The van der Waals surface area contributed by atoms with Crippen molar-refractivity contribution < 1.29 is 18.8 Å². The van der Waals surface area contributed by atoms with E-state index in [0.717, 1.165) is 21.2 Å². The zero-order chi connectivity index (χ0) is 21.5. The standard InChI is InChI=1S/C24H23FN2O3/c1-27(16-19(28)15-25)24(30)22(14-17-8-3-2-4-9-17)26-23(29)21-13-7-11-18-10-5-6-12-20(18)21/h2-13,22H,14-16H2,1H3,(H,26,29)/t22-/m0/s1. The number of halogens is 1. The number of hydrogen-bond acceptors (Lipinski definition) is 3. The van der Waals surface area contributed by atoms with Crippen LogP contribution in [0.3, 0.4) is 0 Å². The van der Waals surface area contributed by atoms with Crippen molar-refractivity contribution in [3.63, 3.8) is 0 Å². The number of carbonyl (C=O) groups is 3. The molecule has 154 valence electrons. The summed E-state index contributed by atoms with van der Waals surface area (Å²) in [7, 11) is 1.43. The molecule has 0 bridgehead atoms. The van der Waals surface area contributed by atoms with Crippen molar-refractivity contribution in [3.05, 3.63) is 83.9 Å². The van der Waals surface area contributed by atoms with Crippen LogP contribution in [0, 0.1) is 0 Å². The maximum atomic E-state index is 13.1. The maximum absolute atomic E-state index is 13.1. The van der Waals surface area contributed by atoms with E-state index in [1.165, 1.54) is 7.05 Å². The van der Waals surface area contributed by atoms with Crippen LogP contribution < -0.4 is 5.32 Å². The van der Waals surface area contributed by atoms with Gasteiger partial charge in [-0.2, -0.15) is 0 Å². The molecule has 1 N–H and O–H groups in total. The van der Waals surface area contributed by atoms with Crippen molar-refractivity contribution >= 4 is 28.4 Å². The number of fused-ring (bicyclic) bond motifs is 1. The Morgan fingerprint density at radius 3 is 2.33 bits per heavy atom. The van der Waals surface area contributed by atoms with E-state index in [2.05, 4.69) is 5.32 Å². The highest BCUT2D eigenvalue weighted by molar-refractivity contribution is 6.08. The summed E-state index contributed by atoms with van der Waals surface area (Å²) in [6, 6.07) is 21.3. The van der Waals surface area contributed by atoms with Gasteiger partial charge in [0.05, 0.1) is 6.54 Å². The molecular weight excluding hydrogens is 383 g/mol. The van der Waals surface area contributed by atoms with E-state index < -0.39 is 24.4 Å². The summed E-state index contributed by atoms with van der Waals surface area (Å²) in [5, 5.41) is 4.51. The van der Waals surface area contributed by atoms with Crippen LogP contribution in [-0.4, -0.2) is 48.8 Å². The second-order valence-corrected chi connectivity index (χ2v) is 7.11. The van der Waals surface area contributed by atoms with E-state index in [-0.39, 0.29) is 18.9 Å². The van der Waals surface area contributed by atoms with Gasteiger partial charge in [0.25, 0.3) is 5.91 Å². The normalized spacial score (nSPS) is 11.7. The third-order valence-electron chi connectivity index (χ3n) is 4.86. The molecule has 0 unspecified atom stereocenters. The van der Waals surface area contributed by atoms with Crippen molar-refractivity contribution in [1.29, 1.82) is 0 Å². The van der Waals surface area contributed by atoms with Crippen molar-refractivity contribution in [2.45, 2.75) is 12.5 Å². The Bertz CT molecular complexity index is 1050. The highest BCUT2D eigenvalue weighted by Crippen LogP contribution is 2.19. The molecule has 0 radical (unpaired) electrons. The lowest BCUT2D eigenvalue weighted by Crippen LogP contribution is -2.49. The topological polar surface area (TPSA) is 66.5 Å². The summed E-state index contributed by atoms with van der Waals surface area (Å²) in [6.07, 6.45) is 0.254. The number of benzene rings is 3. The fourth-order valence-corrected chi connectivity index (χ4v) is 3.36. The van der Waals surface area contributed by atoms with Crippen LogP contribution in [0.2, 0.25) is 0 Å². The third-order valence-corrected chi connectivity index (χ3v) is 4.86. The van der Waals surface area contributed by atoms with E-state index >= 15 is 0 Å². The SMILES string of the molecule is CN(CC(=O)CF)C(=O)[C@H](Cc1ccccc1)NC(=O)c1cccc2ccccc12. The molecule has 6 heteroatoms. The summed E-state index contributed by atoms with van der Waals surface area (Å²) < 4.78 is 12.6. The Labute approximate surface area is 174 Å². The van der Waals surface area contributed by atoms with Gasteiger partial charge in [0.2, 0.25) is 5.91 Å². The molecule has 30 heavy (non-hydrogen) atoms. The van der Waals surface area contributed by atoms with Crippen LogP contribution in [0.25, 0.3) is 10.8 Å². The zero-order valence-electron chi connectivity index (χ0n) is 16.7. The van der Waals surface area contributed by atoms with E-state index in [1.54, 1.807) is 12.1 Å². The van der Waals surface area contributed by atoms with Crippen LogP contribution in [0.4, 0.5) is 4.39 Å². The molecule has 3 aromatic carbocycles. The first-order chi connectivity index (χ1) is 14.5. The number of nitrogens with one attached hydrogen (secondary N) is 1. The molecular formula is C24H23FN2O3. The van der Waals surface area contributed by atoms with E-state index in [4.69, 9.17) is 0 Å². The molecule has 0 aliphatic heterocycles. The first-order valence-electron chi connectivity index (χ1n) is 9.64. The molecule has 1 atom stereocenters. The van der Waals surface area contributed by atoms with Crippen LogP contribution >= 0.6 is 0 Å². The maximum Gasteiger partial charge on any atom is 0.252 e. The summed E-state index contributed by atoms with van der Waals surface area (Å²) in [4.78, 5) is 38.6. The second-order valence-electron chi connectivity index (χ2n) is 7.11. The summed E-state index contributed by atoms with van der Waals surface area (Å²) in [5.41, 5.74) is 1.32. The summed E-state index contributed by atoms with van der Waals surface area (Å²) in [5.74, 6) is -1.52. The smallest absolute Gasteiger partial charge is 0.252 e. The molecule has 0 fully saturated rings. The molecule has 0 aliphatic rings. The number of likely N-dealkylation sites (N-methyl/N-ethyl adjacent to an activating group) is 1. The second kappa shape index (κ2) is 9.78. The number of ketones is 1. The van der Waals surface area contributed by atoms with E-state index in [0.29, 0.717) is 5.56 Å². The van der Waals surface area contributed by atoms with Gasteiger partial charge in [0, 0.05) is 19.0 Å². The summed E-state index contributed by atoms with van der Waals surface area (Å²) >= 11 is 0. The van der Waals surface area contributed by atoms with Crippen molar-refractivity contribution in [1.82, 2.24) is 10.2 Å². The van der Waals surface area contributed by atoms with Crippen molar-refractivity contribution in [3.8, 4) is 0 Å². The first kappa shape index (κ1) is 21.2. The van der Waals surface area contributed by atoms with Crippen molar-refractivity contribution in [2.75, 3.05) is 20.3 Å². The van der Waals surface area contributed by atoms with E-state index in [9.17, 15) is 18.8 Å². The van der Waals surface area contributed by atoms with Crippen LogP contribution in [0.15, 0.2) is 72.8 Å². The van der Waals surface area contributed by atoms with Crippen LogP contribution in [-0.2, 0) is 16.0 Å². The Morgan fingerprint density at radius 1 is 0.933 bits per heavy atom. The van der Waals surface area contributed by atoms with E-state index in [1.807, 2.05) is 60.7 Å². The average molecular weight is 406 g/mol. The molecule has 0 spiro atoms. The minimum absolute atomic E-state index is 0.254. The van der Waals surface area contributed by atoms with Gasteiger partial charge in [-0.3, -0.25) is 14.4 Å². The largest absolute Gasteiger partial charge is 0.340 e. The molecule has 0 saturated heterocycles. The molecule has 0 aromatic heterocycles. The molecule has 5 nitrogen and oxygen atoms in total. The number of carbonyl (C=O) groups excluding carboxylic acids is 3. The predicted octanol–water partition coefficient (Wildman–Crippen LogP) is 3.18. The Balaban J connectivity index is 1.86. The average Bonchev–Trinajstić information content (AvgIpc) is 2.78. The number of rotatable bonds is 8. The summed E-state index contributed by atoms with van der Waals surface area (Å²) in [6.45, 7) is -1.48. The number of amides is 2. The van der Waals surface area contributed by atoms with Crippen molar-refractivity contribution in [2.24, 2.45) is 0 Å². The lowest BCUT2D eigenvalue weighted by molar-refractivity contribution is -0.135. The zero-order valence-corrected chi connectivity index (χ0v) is 16.7. The highest BCUT2D eigenvalue weighted by atomic mass is 19.1. The van der Waals surface area contributed by atoms with Crippen LogP contribution in [0.1, 0.15) is 15.9 Å². The van der Waals surface area contributed by atoms with Gasteiger partial charge < -0.3 is 10.2 Å². The number of alkyl halides is 1. The molecule has 0 saturated carbocycles. The molecule has 3 rings (SSSR count). The van der Waals surface area contributed by atoms with Crippen LogP contribution in [0.5, 0.6) is 0 Å². The number of Topliss-reactive ketones (excluding diaryl/α,β-unsaturated/α-hetero) is 1. The molecule has 2 amide bonds.